The van der Waals surface area contributed by atoms with Gasteiger partial charge in [-0.05, 0) is 43.2 Å². The van der Waals surface area contributed by atoms with Crippen LogP contribution in [0.5, 0.6) is 11.5 Å². The van der Waals surface area contributed by atoms with Gasteiger partial charge in [0.15, 0.2) is 17.2 Å². The van der Waals surface area contributed by atoms with Crippen LogP contribution in [0, 0.1) is 23.5 Å². The molecule has 1 saturated carbocycles. The molecular weight excluding hydrogens is 447 g/mol. The third-order valence-electron chi connectivity index (χ3n) is 6.35. The molecule has 4 nitrogen and oxygen atoms in total. The van der Waals surface area contributed by atoms with Crippen LogP contribution >= 0.6 is 0 Å². The smallest absolute Gasteiger partial charge is 0.451 e. The van der Waals surface area contributed by atoms with Crippen LogP contribution in [-0.2, 0) is 9.47 Å². The average molecular weight is 481 g/mol. The lowest BCUT2D eigenvalue weighted by Crippen LogP contribution is -2.52. The van der Waals surface area contributed by atoms with Crippen LogP contribution in [0.2, 0.25) is 0 Å². The van der Waals surface area contributed by atoms with Crippen LogP contribution in [0.25, 0.3) is 0 Å². The summed E-state index contributed by atoms with van der Waals surface area (Å²) in [5.74, 6) is -3.41. The Labute approximate surface area is 191 Å². The number of ether oxygens (including phenoxy) is 4. The molecule has 1 aromatic carbocycles. The van der Waals surface area contributed by atoms with Crippen molar-refractivity contribution in [1.29, 1.82) is 0 Å². The van der Waals surface area contributed by atoms with Gasteiger partial charge in [-0.1, -0.05) is 46.0 Å². The van der Waals surface area contributed by atoms with Gasteiger partial charge < -0.3 is 18.9 Å². The summed E-state index contributed by atoms with van der Waals surface area (Å²) in [4.78, 5) is 0. The molecule has 188 valence electrons. The molecule has 9 heteroatoms. The number of benzene rings is 1. The second-order valence-corrected chi connectivity index (χ2v) is 9.19. The summed E-state index contributed by atoms with van der Waals surface area (Å²) >= 11 is 0. The van der Waals surface area contributed by atoms with Crippen LogP contribution < -0.4 is 9.47 Å². The highest BCUT2D eigenvalue weighted by Crippen LogP contribution is 2.37. The number of hydrogen-bond donors (Lipinski definition) is 0. The van der Waals surface area contributed by atoms with Gasteiger partial charge in [0.05, 0.1) is 19.8 Å². The van der Waals surface area contributed by atoms with Gasteiger partial charge in [0.25, 0.3) is 6.29 Å². The van der Waals surface area contributed by atoms with Gasteiger partial charge in [-0.15, -0.1) is 0 Å². The predicted octanol–water partition coefficient (Wildman–Crippen LogP) is 6.80. The topological polar surface area (TPSA) is 36.9 Å². The Kier molecular flexibility index (Phi) is 8.83. The van der Waals surface area contributed by atoms with Gasteiger partial charge >= 0.3 is 6.11 Å². The minimum Gasteiger partial charge on any atom is -0.490 e. The Hall–Kier alpha value is -1.61. The van der Waals surface area contributed by atoms with Crippen molar-refractivity contribution in [3.05, 3.63) is 23.8 Å². The molecule has 0 unspecified atom stereocenters. The first-order chi connectivity index (χ1) is 15.7. The molecule has 0 atom stereocenters. The molecule has 0 bridgehead atoms. The number of alkyl halides is 3. The largest absolute Gasteiger partial charge is 0.490 e. The fourth-order valence-electron chi connectivity index (χ4n) is 4.53. The molecule has 2 fully saturated rings. The van der Waals surface area contributed by atoms with E-state index < -0.39 is 48.7 Å². The third-order valence-corrected chi connectivity index (χ3v) is 6.35. The Bertz CT molecular complexity index is 759. The van der Waals surface area contributed by atoms with E-state index in [-0.39, 0.29) is 24.7 Å². The molecule has 1 aliphatic carbocycles. The molecule has 3 rings (SSSR count). The molecule has 0 N–H and O–H groups in total. The number of hydrogen-bond acceptors (Lipinski definition) is 4. The minimum absolute atomic E-state index is 0.0909. The van der Waals surface area contributed by atoms with Crippen LogP contribution in [0.3, 0.4) is 0 Å². The van der Waals surface area contributed by atoms with Gasteiger partial charge in [-0.2, -0.15) is 17.6 Å². The number of halogens is 5. The van der Waals surface area contributed by atoms with Crippen molar-refractivity contribution in [2.45, 2.75) is 83.3 Å². The van der Waals surface area contributed by atoms with E-state index in [2.05, 4.69) is 11.7 Å². The van der Waals surface area contributed by atoms with Gasteiger partial charge in [0, 0.05) is 0 Å². The third kappa shape index (κ3) is 6.72. The maximum Gasteiger partial charge on any atom is 0.451 e. The summed E-state index contributed by atoms with van der Waals surface area (Å²) in [6.07, 6.45) is 0.640. The zero-order valence-corrected chi connectivity index (χ0v) is 19.2. The van der Waals surface area contributed by atoms with Crippen molar-refractivity contribution >= 4 is 0 Å². The highest BCUT2D eigenvalue weighted by atomic mass is 19.3. The summed E-state index contributed by atoms with van der Waals surface area (Å²) in [6.45, 7) is 2.93. The molecule has 1 aliphatic heterocycles. The van der Waals surface area contributed by atoms with E-state index >= 15 is 0 Å². The summed E-state index contributed by atoms with van der Waals surface area (Å²) in [5, 5.41) is 0. The van der Waals surface area contributed by atoms with Crippen molar-refractivity contribution in [1.82, 2.24) is 0 Å². The van der Waals surface area contributed by atoms with E-state index in [1.54, 1.807) is 6.92 Å². The lowest BCUT2D eigenvalue weighted by Gasteiger charge is -2.36. The monoisotopic (exact) mass is 480 g/mol. The van der Waals surface area contributed by atoms with E-state index in [9.17, 15) is 22.0 Å². The zero-order chi connectivity index (χ0) is 24.1. The Morgan fingerprint density at radius 1 is 0.939 bits per heavy atom. The van der Waals surface area contributed by atoms with Gasteiger partial charge in [-0.3, -0.25) is 0 Å². The van der Waals surface area contributed by atoms with Gasteiger partial charge in [0.1, 0.15) is 0 Å². The zero-order valence-electron chi connectivity index (χ0n) is 19.2. The van der Waals surface area contributed by atoms with E-state index in [4.69, 9.17) is 14.2 Å². The fraction of sp³-hybridized carbons (Fsp3) is 0.750. The normalized spacial score (nSPS) is 28.5. The van der Waals surface area contributed by atoms with Crippen LogP contribution in [0.15, 0.2) is 12.1 Å². The number of rotatable bonds is 10. The molecule has 1 aromatic rings. The quantitative estimate of drug-likeness (QED) is 0.345. The Balaban J connectivity index is 1.55. The Morgan fingerprint density at radius 3 is 2.12 bits per heavy atom. The summed E-state index contributed by atoms with van der Waals surface area (Å²) in [6, 6.07) is 1.93. The molecule has 0 aromatic heterocycles. The molecule has 0 radical (unpaired) electrons. The highest BCUT2D eigenvalue weighted by molar-refractivity contribution is 5.35. The average Bonchev–Trinajstić information content (AvgIpc) is 2.78. The predicted molar refractivity (Wildman–Crippen MR) is 112 cm³/mol. The summed E-state index contributed by atoms with van der Waals surface area (Å²) in [5.41, 5.74) is -1.87. The molecule has 2 aliphatic rings. The van der Waals surface area contributed by atoms with Crippen molar-refractivity contribution < 1.29 is 40.9 Å². The summed E-state index contributed by atoms with van der Waals surface area (Å²) < 4.78 is 91.4. The lowest BCUT2D eigenvalue weighted by molar-refractivity contribution is -0.362. The SMILES string of the molecule is CCCC1CCC(COc2ccc(OC(F)(F)C3OCC(F)(CCC)CO3)c(F)c2F)CC1. The van der Waals surface area contributed by atoms with Gasteiger partial charge in [0.2, 0.25) is 11.6 Å². The first-order valence-corrected chi connectivity index (χ1v) is 11.8. The van der Waals surface area contributed by atoms with Crippen LogP contribution in [-0.4, -0.2) is 37.9 Å². The second kappa shape index (κ2) is 11.2. The van der Waals surface area contributed by atoms with Crippen molar-refractivity contribution in [2.24, 2.45) is 11.8 Å². The Morgan fingerprint density at radius 2 is 1.52 bits per heavy atom. The van der Waals surface area contributed by atoms with Crippen molar-refractivity contribution in [3.8, 4) is 11.5 Å². The van der Waals surface area contributed by atoms with Crippen LogP contribution in [0.1, 0.15) is 65.2 Å². The van der Waals surface area contributed by atoms with Crippen molar-refractivity contribution in [2.75, 3.05) is 19.8 Å². The lowest BCUT2D eigenvalue weighted by atomic mass is 9.80. The van der Waals surface area contributed by atoms with E-state index in [0.29, 0.717) is 12.3 Å². The van der Waals surface area contributed by atoms with E-state index in [1.807, 2.05) is 0 Å². The molecule has 1 saturated heterocycles. The first-order valence-electron chi connectivity index (χ1n) is 11.8. The van der Waals surface area contributed by atoms with E-state index in [0.717, 1.165) is 44.2 Å². The highest BCUT2D eigenvalue weighted by Gasteiger charge is 2.51. The minimum atomic E-state index is -4.15. The first kappa shape index (κ1) is 26.0. The van der Waals surface area contributed by atoms with Crippen molar-refractivity contribution in [3.63, 3.8) is 0 Å². The maximum absolute atomic E-state index is 14.4. The summed E-state index contributed by atoms with van der Waals surface area (Å²) in [7, 11) is 0. The molecule has 0 amide bonds. The molecule has 33 heavy (non-hydrogen) atoms. The maximum atomic E-state index is 14.4. The van der Waals surface area contributed by atoms with Crippen LogP contribution in [0.4, 0.5) is 22.0 Å². The van der Waals surface area contributed by atoms with Gasteiger partial charge in [-0.25, -0.2) is 4.39 Å². The standard InChI is InChI=1S/C24H33F5O4/c1-3-5-16-6-8-17(9-7-16)13-30-18-10-11-19(21(26)20(18)25)33-24(28,29)22-31-14-23(27,12-4-2)15-32-22/h10-11,16-17,22H,3-9,12-15H2,1-2H3. The second-order valence-electron chi connectivity index (χ2n) is 9.19. The van der Waals surface area contributed by atoms with E-state index in [1.165, 1.54) is 6.42 Å². The molecule has 1 heterocycles. The molecular formula is C24H33F5O4. The molecule has 0 spiro atoms. The fourth-order valence-corrected chi connectivity index (χ4v) is 4.53.